The number of nitrogens with zero attached hydrogens (tertiary/aromatic N) is 2. The molecule has 1 heterocycles. The van der Waals surface area contributed by atoms with E-state index >= 15 is 0 Å². The molecule has 0 radical (unpaired) electrons. The molecule has 168 valence electrons. The fourth-order valence-electron chi connectivity index (χ4n) is 6.21. The van der Waals surface area contributed by atoms with E-state index in [1.165, 1.54) is 30.5 Å². The number of aliphatic hydroxyl groups is 1. The predicted molar refractivity (Wildman–Crippen MR) is 124 cm³/mol. The fraction of sp³-hybridized carbons (Fsp3) is 0.760. The molecule has 1 N–H and O–H groups in total. The summed E-state index contributed by atoms with van der Waals surface area (Å²) in [7, 11) is 0. The van der Waals surface area contributed by atoms with E-state index in [0.717, 1.165) is 50.1 Å². The topological polar surface area (TPSA) is 35.9 Å². The first-order valence-electron chi connectivity index (χ1n) is 11.7. The van der Waals surface area contributed by atoms with Crippen LogP contribution in [0.4, 0.5) is 5.69 Å². The zero-order chi connectivity index (χ0) is 21.5. The van der Waals surface area contributed by atoms with Crippen LogP contribution in [0.25, 0.3) is 0 Å². The van der Waals surface area contributed by atoms with E-state index in [0.29, 0.717) is 23.5 Å². The molecule has 3 aliphatic rings. The number of hydrogen-bond donors (Lipinski definition) is 1. The monoisotopic (exact) mass is 434 g/mol. The molecule has 1 aliphatic heterocycles. The third kappa shape index (κ3) is 4.13. The van der Waals surface area contributed by atoms with Gasteiger partial charge in [0.1, 0.15) is 0 Å². The van der Waals surface area contributed by atoms with Gasteiger partial charge in [0.05, 0.1) is 12.2 Å². The van der Waals surface area contributed by atoms with Gasteiger partial charge in [0, 0.05) is 50.0 Å². The normalized spacial score (nSPS) is 32.0. The van der Waals surface area contributed by atoms with Gasteiger partial charge in [0.15, 0.2) is 0 Å². The Bertz CT molecular complexity index is 747. The van der Waals surface area contributed by atoms with Crippen LogP contribution >= 0.6 is 11.6 Å². The number of benzene rings is 1. The van der Waals surface area contributed by atoms with Gasteiger partial charge in [0.2, 0.25) is 0 Å². The van der Waals surface area contributed by atoms with Crippen LogP contribution in [0.15, 0.2) is 18.2 Å². The third-order valence-electron chi connectivity index (χ3n) is 8.84. The molecule has 2 bridgehead atoms. The minimum atomic E-state index is -0.316. The zero-order valence-corrected chi connectivity index (χ0v) is 19.9. The van der Waals surface area contributed by atoms with Crippen molar-refractivity contribution in [3.63, 3.8) is 0 Å². The lowest BCUT2D eigenvalue weighted by atomic mass is 9.70. The molecule has 0 aromatic heterocycles. The summed E-state index contributed by atoms with van der Waals surface area (Å²) in [6.45, 7) is 14.7. The summed E-state index contributed by atoms with van der Waals surface area (Å²) in [5, 5.41) is 11.4. The number of rotatable bonds is 7. The molecule has 1 saturated heterocycles. The number of β-amino-alcohol motifs (C(OH)–C–C–N with tert-alkyl or cyclic N) is 1. The molecule has 0 amide bonds. The molecule has 5 heteroatoms. The Morgan fingerprint density at radius 2 is 1.93 bits per heavy atom. The van der Waals surface area contributed by atoms with Gasteiger partial charge in [-0.15, -0.1) is 0 Å². The van der Waals surface area contributed by atoms with Gasteiger partial charge in [-0.2, -0.15) is 0 Å². The molecule has 4 rings (SSSR count). The molecule has 0 spiro atoms. The van der Waals surface area contributed by atoms with Crippen LogP contribution in [-0.2, 0) is 4.74 Å². The number of aliphatic hydroxyl groups excluding tert-OH is 1. The highest BCUT2D eigenvalue weighted by Gasteiger charge is 2.61. The molecule has 4 nitrogen and oxygen atoms in total. The van der Waals surface area contributed by atoms with Gasteiger partial charge in [-0.3, -0.25) is 4.90 Å². The average Bonchev–Trinajstić information content (AvgIpc) is 3.04. The van der Waals surface area contributed by atoms with Crippen LogP contribution in [0.1, 0.15) is 52.0 Å². The second kappa shape index (κ2) is 8.61. The van der Waals surface area contributed by atoms with E-state index in [-0.39, 0.29) is 6.10 Å². The van der Waals surface area contributed by atoms with E-state index in [9.17, 15) is 5.11 Å². The summed E-state index contributed by atoms with van der Waals surface area (Å²) in [5.41, 5.74) is 3.19. The van der Waals surface area contributed by atoms with Crippen molar-refractivity contribution in [2.45, 2.75) is 65.6 Å². The Balaban J connectivity index is 1.19. The van der Waals surface area contributed by atoms with Crippen molar-refractivity contribution in [1.82, 2.24) is 4.90 Å². The first kappa shape index (κ1) is 22.4. The Labute approximate surface area is 187 Å². The molecular weight excluding hydrogens is 396 g/mol. The van der Waals surface area contributed by atoms with Gasteiger partial charge in [-0.25, -0.2) is 0 Å². The van der Waals surface area contributed by atoms with E-state index in [1.54, 1.807) is 0 Å². The van der Waals surface area contributed by atoms with Crippen molar-refractivity contribution in [3.05, 3.63) is 28.8 Å². The zero-order valence-electron chi connectivity index (χ0n) is 19.2. The van der Waals surface area contributed by atoms with E-state index in [2.05, 4.69) is 49.6 Å². The number of hydrogen-bond acceptors (Lipinski definition) is 4. The minimum Gasteiger partial charge on any atom is -0.392 e. The summed E-state index contributed by atoms with van der Waals surface area (Å²) in [6, 6.07) is 6.11. The molecular formula is C25H39ClN2O2. The average molecular weight is 435 g/mol. The van der Waals surface area contributed by atoms with Gasteiger partial charge in [-0.05, 0) is 67.1 Å². The first-order chi connectivity index (χ1) is 14.2. The predicted octanol–water partition coefficient (Wildman–Crippen LogP) is 4.75. The second-order valence-electron chi connectivity index (χ2n) is 10.6. The molecule has 1 aromatic carbocycles. The van der Waals surface area contributed by atoms with Crippen LogP contribution in [-0.4, -0.2) is 61.5 Å². The largest absolute Gasteiger partial charge is 0.392 e. The highest BCUT2D eigenvalue weighted by atomic mass is 35.5. The number of anilines is 1. The van der Waals surface area contributed by atoms with Gasteiger partial charge < -0.3 is 14.7 Å². The van der Waals surface area contributed by atoms with Gasteiger partial charge in [0.25, 0.3) is 0 Å². The van der Waals surface area contributed by atoms with Crippen LogP contribution < -0.4 is 4.90 Å². The summed E-state index contributed by atoms with van der Waals surface area (Å²) in [5.74, 6) is 0.803. The lowest BCUT2D eigenvalue weighted by Gasteiger charge is -2.39. The Morgan fingerprint density at radius 1 is 1.20 bits per heavy atom. The summed E-state index contributed by atoms with van der Waals surface area (Å²) in [6.07, 6.45) is 4.61. The van der Waals surface area contributed by atoms with Crippen molar-refractivity contribution >= 4 is 17.3 Å². The van der Waals surface area contributed by atoms with Gasteiger partial charge >= 0.3 is 0 Å². The number of halogens is 1. The van der Waals surface area contributed by atoms with Crippen molar-refractivity contribution < 1.29 is 9.84 Å². The number of ether oxygens (including phenoxy) is 1. The van der Waals surface area contributed by atoms with Crippen LogP contribution in [0.5, 0.6) is 0 Å². The number of piperazine rings is 1. The standard InChI is InChI=1S/C25H39ClN2O2/c1-18-5-6-20(26)16-22(18)28-12-10-27(11-13-28)17-21(29)8-14-30-23-15-19-7-9-25(23,4)24(19,2)3/h5-6,16,19,21,23,29H,7-15,17H2,1-4H3. The molecule has 4 atom stereocenters. The Morgan fingerprint density at radius 3 is 2.57 bits per heavy atom. The van der Waals surface area contributed by atoms with Crippen molar-refractivity contribution in [1.29, 1.82) is 0 Å². The van der Waals surface area contributed by atoms with E-state index in [1.807, 2.05) is 6.07 Å². The fourth-order valence-corrected chi connectivity index (χ4v) is 6.38. The maximum absolute atomic E-state index is 10.6. The lowest BCUT2D eigenvalue weighted by molar-refractivity contribution is -0.0564. The highest BCUT2D eigenvalue weighted by molar-refractivity contribution is 6.30. The van der Waals surface area contributed by atoms with Crippen molar-refractivity contribution in [2.75, 3.05) is 44.2 Å². The highest BCUT2D eigenvalue weighted by Crippen LogP contribution is 2.66. The van der Waals surface area contributed by atoms with Crippen LogP contribution in [0.3, 0.4) is 0 Å². The Kier molecular flexibility index (Phi) is 6.43. The van der Waals surface area contributed by atoms with E-state index in [4.69, 9.17) is 16.3 Å². The molecule has 1 aromatic rings. The molecule has 3 fully saturated rings. The minimum absolute atomic E-state index is 0.303. The maximum Gasteiger partial charge on any atom is 0.0689 e. The number of aryl methyl sites for hydroxylation is 1. The summed E-state index contributed by atoms with van der Waals surface area (Å²) in [4.78, 5) is 4.79. The lowest BCUT2D eigenvalue weighted by Crippen LogP contribution is -2.49. The number of fused-ring (bicyclic) bond motifs is 2. The van der Waals surface area contributed by atoms with Crippen molar-refractivity contribution in [3.8, 4) is 0 Å². The molecule has 4 unspecified atom stereocenters. The molecule has 30 heavy (non-hydrogen) atoms. The SMILES string of the molecule is Cc1ccc(Cl)cc1N1CCN(CC(O)CCOC2CC3CCC2(C)C3(C)C)CC1. The third-order valence-corrected chi connectivity index (χ3v) is 9.07. The van der Waals surface area contributed by atoms with Crippen LogP contribution in [0, 0.1) is 23.7 Å². The van der Waals surface area contributed by atoms with Crippen molar-refractivity contribution in [2.24, 2.45) is 16.7 Å². The second-order valence-corrected chi connectivity index (χ2v) is 11.1. The maximum atomic E-state index is 10.6. The first-order valence-corrected chi connectivity index (χ1v) is 12.1. The summed E-state index contributed by atoms with van der Waals surface area (Å²) >= 11 is 6.19. The quantitative estimate of drug-likeness (QED) is 0.671. The van der Waals surface area contributed by atoms with Gasteiger partial charge in [-0.1, -0.05) is 38.4 Å². The summed E-state index contributed by atoms with van der Waals surface area (Å²) < 4.78 is 6.34. The smallest absolute Gasteiger partial charge is 0.0689 e. The van der Waals surface area contributed by atoms with E-state index < -0.39 is 0 Å². The Hall–Kier alpha value is -0.810. The molecule has 2 saturated carbocycles. The van der Waals surface area contributed by atoms with Crippen LogP contribution in [0.2, 0.25) is 5.02 Å². The molecule has 2 aliphatic carbocycles.